The van der Waals surface area contributed by atoms with E-state index in [1.807, 2.05) is 0 Å². The van der Waals surface area contributed by atoms with Crippen molar-refractivity contribution in [3.63, 3.8) is 0 Å². The summed E-state index contributed by atoms with van der Waals surface area (Å²) in [7, 11) is 0. The topological polar surface area (TPSA) is 74.6 Å². The fourth-order valence-corrected chi connectivity index (χ4v) is 2.22. The fourth-order valence-electron chi connectivity index (χ4n) is 1.40. The van der Waals surface area contributed by atoms with E-state index in [1.54, 1.807) is 0 Å². The lowest BCUT2D eigenvalue weighted by Gasteiger charge is -2.32. The van der Waals surface area contributed by atoms with Gasteiger partial charge in [0.25, 0.3) is 4.59 Å². The number of carbonyl (C=O) groups is 2. The van der Waals surface area contributed by atoms with Gasteiger partial charge in [-0.05, 0) is 0 Å². The molecule has 2 unspecified atom stereocenters. The maximum absolute atomic E-state index is 13.0. The summed E-state index contributed by atoms with van der Waals surface area (Å²) in [6.07, 6.45) is -1.47. The van der Waals surface area contributed by atoms with Gasteiger partial charge in [-0.25, -0.2) is 4.39 Å². The molecule has 8 heteroatoms. The van der Waals surface area contributed by atoms with E-state index in [1.165, 1.54) is 6.92 Å². The summed E-state index contributed by atoms with van der Waals surface area (Å²) in [5.74, 6) is -1.89. The second-order valence-electron chi connectivity index (χ2n) is 4.38. The van der Waals surface area contributed by atoms with Gasteiger partial charge in [0.15, 0.2) is 0 Å². The Morgan fingerprint density at radius 2 is 1.89 bits per heavy atom. The van der Waals surface area contributed by atoms with Crippen molar-refractivity contribution in [1.29, 1.82) is 0 Å². The number of hydrogen-bond acceptors (Lipinski definition) is 3. The average molecular weight is 324 g/mol. The van der Waals surface area contributed by atoms with E-state index in [2.05, 4.69) is 0 Å². The lowest BCUT2D eigenvalue weighted by atomic mass is 9.80. The summed E-state index contributed by atoms with van der Waals surface area (Å²) in [5, 5.41) is 16.7. The number of aliphatic hydroxyl groups excluding tert-OH is 1. The predicted octanol–water partition coefficient (Wildman–Crippen LogP) is 2.52. The number of alkyl halides is 4. The highest BCUT2D eigenvalue weighted by Gasteiger charge is 2.40. The van der Waals surface area contributed by atoms with Crippen LogP contribution in [0.4, 0.5) is 4.39 Å². The van der Waals surface area contributed by atoms with Crippen LogP contribution >= 0.6 is 34.8 Å². The van der Waals surface area contributed by atoms with Crippen LogP contribution in [0.15, 0.2) is 0 Å². The summed E-state index contributed by atoms with van der Waals surface area (Å²) in [6.45, 7) is 0.917. The molecule has 0 aromatic carbocycles. The highest BCUT2D eigenvalue weighted by atomic mass is 35.5. The summed E-state index contributed by atoms with van der Waals surface area (Å²) in [4.78, 5) is 21.8. The van der Waals surface area contributed by atoms with E-state index >= 15 is 0 Å². The summed E-state index contributed by atoms with van der Waals surface area (Å²) >= 11 is 16.2. The highest BCUT2D eigenvalue weighted by Crippen LogP contribution is 2.39. The zero-order valence-electron chi connectivity index (χ0n) is 9.63. The van der Waals surface area contributed by atoms with E-state index in [0.717, 1.165) is 0 Å². The van der Waals surface area contributed by atoms with Crippen LogP contribution in [0.5, 0.6) is 0 Å². The number of hydrogen-bond donors (Lipinski definition) is 2. The first-order chi connectivity index (χ1) is 8.00. The Morgan fingerprint density at radius 3 is 2.22 bits per heavy atom. The highest BCUT2D eigenvalue weighted by molar-refractivity contribution is 6.47. The summed E-state index contributed by atoms with van der Waals surface area (Å²) in [5.41, 5.74) is -1.19. The van der Waals surface area contributed by atoms with Crippen LogP contribution in [-0.4, -0.2) is 38.5 Å². The molecule has 0 bridgehead atoms. The quantitative estimate of drug-likeness (QED) is 0.532. The normalized spacial score (nSPS) is 17.0. The first-order valence-corrected chi connectivity index (χ1v) is 6.24. The van der Waals surface area contributed by atoms with Crippen molar-refractivity contribution >= 4 is 46.6 Å². The maximum atomic E-state index is 13.0. The van der Waals surface area contributed by atoms with E-state index in [9.17, 15) is 19.1 Å². The van der Waals surface area contributed by atoms with Crippen molar-refractivity contribution in [2.45, 2.75) is 36.2 Å². The summed E-state index contributed by atoms with van der Waals surface area (Å²) in [6, 6.07) is 0. The van der Waals surface area contributed by atoms with Gasteiger partial charge < -0.3 is 10.2 Å². The van der Waals surface area contributed by atoms with Crippen molar-refractivity contribution < 1.29 is 24.2 Å². The predicted molar refractivity (Wildman–Crippen MR) is 66.9 cm³/mol. The molecule has 0 aromatic heterocycles. The molecule has 0 aliphatic heterocycles. The third-order valence-electron chi connectivity index (χ3n) is 2.48. The second kappa shape index (κ2) is 6.89. The number of carboxylic acids is 1. The second-order valence-corrected chi connectivity index (χ2v) is 6.30. The van der Waals surface area contributed by atoms with E-state index in [-0.39, 0.29) is 6.42 Å². The third-order valence-corrected chi connectivity index (χ3v) is 3.47. The first-order valence-electron chi connectivity index (χ1n) is 5.05. The number of rotatable bonds is 8. The van der Waals surface area contributed by atoms with Crippen LogP contribution in [0.25, 0.3) is 0 Å². The molecule has 2 N–H and O–H groups in total. The molecule has 4 nitrogen and oxygen atoms in total. The van der Waals surface area contributed by atoms with Crippen molar-refractivity contribution in [3.05, 3.63) is 0 Å². The monoisotopic (exact) mass is 322 g/mol. The number of carboxylic acid groups (broad SMARTS) is 1. The minimum absolute atomic E-state index is 0.298. The van der Waals surface area contributed by atoms with Crippen LogP contribution in [0.3, 0.4) is 0 Å². The largest absolute Gasteiger partial charge is 0.481 e. The molecular weight excluding hydrogens is 309 g/mol. The molecule has 0 saturated heterocycles. The van der Waals surface area contributed by atoms with Gasteiger partial charge in [0, 0.05) is 23.6 Å². The number of aliphatic carboxylic acids is 1. The van der Waals surface area contributed by atoms with Gasteiger partial charge in [0.1, 0.15) is 12.2 Å². The Bertz CT molecular complexity index is 319. The molecule has 0 rings (SSSR count). The maximum Gasteiger partial charge on any atom is 0.310 e. The number of aliphatic hydroxyl groups is 1. The molecular formula is C10H14Cl3FO4. The van der Waals surface area contributed by atoms with Gasteiger partial charge in [0.2, 0.25) is 0 Å². The molecule has 0 aromatic rings. The number of Topliss-reactive ketones (excluding diaryl/α,β-unsaturated/α-hetero) is 1. The van der Waals surface area contributed by atoms with Crippen LogP contribution in [0, 0.1) is 5.41 Å². The molecule has 0 heterocycles. The van der Waals surface area contributed by atoms with E-state index < -0.39 is 46.6 Å². The minimum Gasteiger partial charge on any atom is -0.481 e. The molecule has 0 fully saturated rings. The fraction of sp³-hybridized carbons (Fsp3) is 0.800. The standard InChI is InChI=1S/C10H14Cl3FO4/c1-9(5-15,3-6(16)2-8(17)18)7(11)4-10(12,13)14/h7,15H,2-5H2,1H3,(H,17,18). The first kappa shape index (κ1) is 17.9. The molecule has 18 heavy (non-hydrogen) atoms. The van der Waals surface area contributed by atoms with Gasteiger partial charge >= 0.3 is 5.97 Å². The molecule has 0 amide bonds. The van der Waals surface area contributed by atoms with Gasteiger partial charge in [-0.2, -0.15) is 0 Å². The van der Waals surface area contributed by atoms with Gasteiger partial charge in [-0.3, -0.25) is 9.59 Å². The lowest BCUT2D eigenvalue weighted by molar-refractivity contribution is -0.140. The molecule has 0 aliphatic carbocycles. The molecule has 0 aliphatic rings. The van der Waals surface area contributed by atoms with Crippen molar-refractivity contribution in [1.82, 2.24) is 0 Å². The van der Waals surface area contributed by atoms with E-state index in [4.69, 9.17) is 39.9 Å². The number of halogens is 4. The van der Waals surface area contributed by atoms with Gasteiger partial charge in [-0.1, -0.05) is 30.1 Å². The van der Waals surface area contributed by atoms with E-state index in [0.29, 0.717) is 0 Å². The van der Waals surface area contributed by atoms with Crippen molar-refractivity contribution in [2.75, 3.05) is 6.61 Å². The Hall–Kier alpha value is -0.100. The minimum atomic E-state index is -2.57. The van der Waals surface area contributed by atoms with Crippen LogP contribution < -0.4 is 0 Å². The molecule has 0 spiro atoms. The Morgan fingerprint density at radius 1 is 1.39 bits per heavy atom. The molecule has 106 valence electrons. The molecule has 0 radical (unpaired) electrons. The Balaban J connectivity index is 4.69. The van der Waals surface area contributed by atoms with Crippen LogP contribution in [0.2, 0.25) is 0 Å². The SMILES string of the molecule is CC(CO)(CC(=O)CC(=O)O)C(Cl)CC(F)(Cl)Cl. The van der Waals surface area contributed by atoms with Gasteiger partial charge in [-0.15, -0.1) is 11.6 Å². The zero-order valence-corrected chi connectivity index (χ0v) is 11.9. The Kier molecular flexibility index (Phi) is 6.85. The molecule has 2 atom stereocenters. The lowest BCUT2D eigenvalue weighted by Crippen LogP contribution is -2.37. The summed E-state index contributed by atoms with van der Waals surface area (Å²) < 4.78 is 10.5. The number of ketones is 1. The third kappa shape index (κ3) is 6.73. The van der Waals surface area contributed by atoms with Gasteiger partial charge in [0.05, 0.1) is 6.61 Å². The zero-order chi connectivity index (χ0) is 14.6. The van der Waals surface area contributed by atoms with Crippen LogP contribution in [-0.2, 0) is 9.59 Å². The van der Waals surface area contributed by atoms with Crippen molar-refractivity contribution in [3.8, 4) is 0 Å². The number of carbonyl (C=O) groups excluding carboxylic acids is 1. The average Bonchev–Trinajstić information content (AvgIpc) is 2.13. The van der Waals surface area contributed by atoms with Crippen molar-refractivity contribution in [2.24, 2.45) is 5.41 Å². The van der Waals surface area contributed by atoms with Crippen LogP contribution in [0.1, 0.15) is 26.2 Å². The molecule has 0 saturated carbocycles. The Labute approximate surface area is 119 Å². The smallest absolute Gasteiger partial charge is 0.310 e.